The molecule has 7 aromatic rings. The number of fused-ring (bicyclic) bond motifs is 4. The summed E-state index contributed by atoms with van der Waals surface area (Å²) in [6.07, 6.45) is -24.0. The first-order valence-electron chi connectivity index (χ1n) is 29.8. The highest BCUT2D eigenvalue weighted by atomic mass is 31.3. The van der Waals surface area contributed by atoms with Crippen molar-refractivity contribution >= 4 is 108 Å². The lowest BCUT2D eigenvalue weighted by Crippen LogP contribution is -3.12. The summed E-state index contributed by atoms with van der Waals surface area (Å²) in [5, 5.41) is 33.2. The molecule has 0 aromatic carbocycles. The standard InChI is InChI=1S/C46H65N20O32P5/c1-15(2)89-27-18(91-41(26(27)69)64-12-54-21-34(64)56-44(48)59-37(21)70)8-86-99(73,74)95-29-19(93-43(31(29)84-5)65-13-55-22-35(65)57-45(49)60-38(22)71)9-87-100(75,76)94-28-17(92-42(30(28)83-4)63-11-53-20-32(47)51-10-52-33(20)63)6-85-96-102(79,80)98-103(81,82)97-101(77,78)88-7-16-24(67)25(68)40(90-16)66-14-62(3)23-36(66)58-46(50)61-39(23)72/h10-13,15-19,24-31,40-43,67-69H,6-9,14H2,1-5H3,(H,73,74)(H,75,76)(H,77,78)(H,79,80)(H,81,82)(H2,47,51,52)(H3,48,56,59,70)(H3,49,57,60,71)(H3,50,58,61,72)/p-4/t16-,17-,18-,19-,24+,25?,26+,27?,28?,29?,30+,31+,40-,41-,42-,43-/m1/s1. The molecule has 103 heavy (non-hydrogen) atoms. The lowest BCUT2D eigenvalue weighted by molar-refractivity contribution is -0.885. The summed E-state index contributed by atoms with van der Waals surface area (Å²) in [4.78, 5) is 151. The number of phosphoric ester groups is 3. The van der Waals surface area contributed by atoms with E-state index in [-0.39, 0.29) is 74.3 Å². The molecule has 57 heteroatoms. The molecule has 12 heterocycles. The van der Waals surface area contributed by atoms with Crippen LogP contribution in [0.3, 0.4) is 0 Å². The molecular weight excluding hydrogens is 1500 g/mol. The number of hydrogen-bond donors (Lipinski definition) is 11. The van der Waals surface area contributed by atoms with Gasteiger partial charge < -0.3 is 123 Å². The third-order valence-electron chi connectivity index (χ3n) is 16.1. The van der Waals surface area contributed by atoms with Gasteiger partial charge in [-0.2, -0.15) is 19.6 Å². The Morgan fingerprint density at radius 3 is 1.60 bits per heavy atom. The second-order valence-electron chi connectivity index (χ2n) is 23.3. The number of phosphoric acid groups is 5. The third-order valence-corrected chi connectivity index (χ3v) is 22.0. The predicted molar refractivity (Wildman–Crippen MR) is 323 cm³/mol. The minimum atomic E-state index is -6.68. The average Bonchev–Trinajstić information content (AvgIpc) is 1.63. The molecule has 0 bridgehead atoms. The van der Waals surface area contributed by atoms with Crippen LogP contribution in [0, 0.1) is 0 Å². The Balaban J connectivity index is 0.738. The largest absolute Gasteiger partial charge is 0.756 e. The molecule has 0 aliphatic carbocycles. The van der Waals surface area contributed by atoms with Crippen LogP contribution < -0.4 is 73.9 Å². The van der Waals surface area contributed by atoms with Gasteiger partial charge in [0.15, 0.2) is 70.9 Å². The number of anilines is 5. The van der Waals surface area contributed by atoms with Crippen molar-refractivity contribution in [3.63, 3.8) is 0 Å². The molecule has 4 saturated heterocycles. The van der Waals surface area contributed by atoms with E-state index < -0.39 is 192 Å². The van der Waals surface area contributed by atoms with Gasteiger partial charge in [0.25, 0.3) is 53.8 Å². The van der Waals surface area contributed by atoms with Crippen molar-refractivity contribution < 1.29 is 141 Å². The lowest BCUT2D eigenvalue weighted by Gasteiger charge is -2.34. The van der Waals surface area contributed by atoms with Gasteiger partial charge in [-0.3, -0.25) is 65.9 Å². The molecule has 5 aliphatic rings. The zero-order valence-electron chi connectivity index (χ0n) is 53.3. The number of methoxy groups -OCH3 is 2. The van der Waals surface area contributed by atoms with Crippen molar-refractivity contribution in [3.8, 4) is 0 Å². The first-order valence-corrected chi connectivity index (χ1v) is 37.1. The smallest absolute Gasteiger partial charge is 0.304 e. The van der Waals surface area contributed by atoms with E-state index in [1.54, 1.807) is 13.8 Å². The summed E-state index contributed by atoms with van der Waals surface area (Å²) in [7, 11) is -27.7. The minimum absolute atomic E-state index is 0.0183. The first kappa shape index (κ1) is 75.9. The molecule has 0 saturated carbocycles. The number of ether oxygens (including phenoxy) is 7. The number of nitrogens with two attached hydrogens (primary N) is 4. The highest BCUT2D eigenvalue weighted by Crippen LogP contribution is 2.63. The minimum Gasteiger partial charge on any atom is -0.756 e. The van der Waals surface area contributed by atoms with Gasteiger partial charge in [-0.1, -0.05) is 0 Å². The fourth-order valence-corrected chi connectivity index (χ4v) is 17.0. The quantitative estimate of drug-likeness (QED) is 0.0118. The Bertz CT molecular complexity index is 4760. The molecule has 12 rings (SSSR count). The Morgan fingerprint density at radius 1 is 0.563 bits per heavy atom. The Kier molecular flexibility index (Phi) is 21.5. The molecule has 5 aliphatic heterocycles. The Hall–Kier alpha value is -6.72. The molecule has 7 aromatic heterocycles. The number of aliphatic hydroxyl groups excluding tert-OH is 3. The van der Waals surface area contributed by atoms with Crippen LogP contribution >= 0.6 is 39.1 Å². The first-order chi connectivity index (χ1) is 48.5. The maximum Gasteiger partial charge on any atom is 0.304 e. The Morgan fingerprint density at radius 2 is 1.04 bits per heavy atom. The zero-order chi connectivity index (χ0) is 74.3. The lowest BCUT2D eigenvalue weighted by atomic mass is 10.1. The van der Waals surface area contributed by atoms with Gasteiger partial charge >= 0.3 is 7.82 Å². The van der Waals surface area contributed by atoms with E-state index >= 15 is 0 Å². The summed E-state index contributed by atoms with van der Waals surface area (Å²) in [5.74, 6) is -1.24. The number of rotatable bonds is 29. The van der Waals surface area contributed by atoms with Gasteiger partial charge in [-0.15, -0.1) is 0 Å². The van der Waals surface area contributed by atoms with Crippen molar-refractivity contribution in [1.29, 1.82) is 0 Å². The van der Waals surface area contributed by atoms with E-state index in [2.05, 4.69) is 72.6 Å². The number of aromatic amines is 3. The average molecular weight is 1560 g/mol. The van der Waals surface area contributed by atoms with Crippen molar-refractivity contribution in [2.75, 3.05) is 82.2 Å². The summed E-state index contributed by atoms with van der Waals surface area (Å²) in [5.41, 5.74) is 20.1. The zero-order valence-corrected chi connectivity index (χ0v) is 57.7. The number of nitrogen functional groups attached to an aromatic ring is 4. The molecule has 0 amide bonds. The van der Waals surface area contributed by atoms with E-state index in [0.717, 1.165) is 53.2 Å². The van der Waals surface area contributed by atoms with Gasteiger partial charge in [0.2, 0.25) is 24.1 Å². The number of nitrogens with one attached hydrogen (secondary N) is 4. The highest BCUT2D eigenvalue weighted by Gasteiger charge is 2.55. The molecule has 10 unspecified atom stereocenters. The van der Waals surface area contributed by atoms with Gasteiger partial charge in [0.05, 0.1) is 44.9 Å². The SMILES string of the molecule is CO[C@H]1C(OP(=O)([O-])OC[C@H]2O[C@@H](n3cnc4c(=O)[nH]c(N)nc43)[C@@H](OC)C2OP(=O)([O-])OC[C@H]2O[C@@H](n3cnc4c(=O)[nH]c(N)nc43)[C@@H](O)C2OC(C)C)[C@@H](COOP(=O)([O-])OP(=O)([O-])OP(=O)([O-])OC[C@H]2O[C@@H]([NH+]3CN(C)c4c3nc(N)[nH]c4=O)C(O)[C@H]2O)O[C@H]1n1cnc2c(N)ncnc21. The topological polar surface area (TPSA) is 737 Å². The van der Waals surface area contributed by atoms with Crippen LogP contribution in [0.1, 0.15) is 32.5 Å². The van der Waals surface area contributed by atoms with E-state index in [1.807, 2.05) is 0 Å². The second kappa shape index (κ2) is 29.2. The van der Waals surface area contributed by atoms with Gasteiger partial charge in [-0.25, -0.2) is 43.3 Å². The number of nitrogens with zero attached hydrogens (tertiary/aromatic N) is 12. The van der Waals surface area contributed by atoms with Crippen molar-refractivity contribution in [2.45, 2.75) is 118 Å². The van der Waals surface area contributed by atoms with E-state index in [9.17, 15) is 77.0 Å². The van der Waals surface area contributed by atoms with Crippen LogP contribution in [-0.4, -0.2) is 224 Å². The van der Waals surface area contributed by atoms with Crippen LogP contribution in [-0.2, 0) is 96.8 Å². The van der Waals surface area contributed by atoms with Gasteiger partial charge in [0.1, 0.15) is 85.6 Å². The van der Waals surface area contributed by atoms with Gasteiger partial charge in [0, 0.05) is 21.3 Å². The summed E-state index contributed by atoms with van der Waals surface area (Å²) < 4.78 is 150. The van der Waals surface area contributed by atoms with Crippen LogP contribution in [0.5, 0.6) is 0 Å². The number of aliphatic hydroxyl groups is 3. The summed E-state index contributed by atoms with van der Waals surface area (Å²) in [6.45, 7) is -1.77. The fourth-order valence-electron chi connectivity index (χ4n) is 12.0. The maximum absolute atomic E-state index is 14.3. The van der Waals surface area contributed by atoms with Crippen LogP contribution in [0.25, 0.3) is 33.5 Å². The molecular formula is C46H61N20O32P5-4. The van der Waals surface area contributed by atoms with E-state index in [1.165, 1.54) is 11.9 Å². The fraction of sp³-hybridized carbons (Fsp3) is 0.587. The maximum atomic E-state index is 14.3. The summed E-state index contributed by atoms with van der Waals surface area (Å²) in [6, 6.07) is 0. The van der Waals surface area contributed by atoms with Crippen LogP contribution in [0.2, 0.25) is 0 Å². The van der Waals surface area contributed by atoms with E-state index in [0.29, 0.717) is 0 Å². The number of hydrogen-bond acceptors (Lipinski definition) is 45. The third kappa shape index (κ3) is 15.8. The predicted octanol–water partition coefficient (Wildman–Crippen LogP) is -8.40. The Labute approximate surface area is 572 Å². The van der Waals surface area contributed by atoms with Crippen LogP contribution in [0.15, 0.2) is 39.7 Å². The molecule has 22 atom stereocenters. The second-order valence-corrected chi connectivity index (χ2v) is 30.4. The van der Waals surface area contributed by atoms with Crippen LogP contribution in [0.4, 0.5) is 35.2 Å². The van der Waals surface area contributed by atoms with E-state index in [4.69, 9.17) is 79.1 Å². The number of quaternary nitrogens is 1. The number of H-pyrrole nitrogens is 3. The van der Waals surface area contributed by atoms with Gasteiger partial charge in [-0.05, 0) is 13.8 Å². The number of imidazole rings is 3. The number of aromatic nitrogens is 14. The summed E-state index contributed by atoms with van der Waals surface area (Å²) >= 11 is 0. The highest BCUT2D eigenvalue weighted by molar-refractivity contribution is 7.65. The molecule has 52 nitrogen and oxygen atoms in total. The van der Waals surface area contributed by atoms with Crippen molar-refractivity contribution in [2.24, 2.45) is 0 Å². The molecule has 0 radical (unpaired) electrons. The molecule has 15 N–H and O–H groups in total. The van der Waals surface area contributed by atoms with Crippen molar-refractivity contribution in [3.05, 3.63) is 56.4 Å². The molecule has 566 valence electrons. The normalized spacial score (nSPS) is 31.0. The molecule has 0 spiro atoms. The monoisotopic (exact) mass is 1560 g/mol. The van der Waals surface area contributed by atoms with Crippen molar-refractivity contribution in [1.82, 2.24) is 68.5 Å². The molecule has 4 fully saturated rings.